The molecule has 0 amide bonds. The molecule has 0 unspecified atom stereocenters. The van der Waals surface area contributed by atoms with Gasteiger partial charge in [0.1, 0.15) is 5.75 Å². The summed E-state index contributed by atoms with van der Waals surface area (Å²) in [6.07, 6.45) is 2.24. The first-order valence-electron chi connectivity index (χ1n) is 9.98. The van der Waals surface area contributed by atoms with Gasteiger partial charge in [-0.25, -0.2) is 4.99 Å². The third-order valence-corrected chi connectivity index (χ3v) is 5.10. The Morgan fingerprint density at radius 3 is 2.67 bits per heavy atom. The molecule has 0 bridgehead atoms. The minimum atomic E-state index is -2.89. The normalized spacial score (nSPS) is 15.7. The maximum Gasteiger partial charge on any atom is 0.387 e. The lowest BCUT2D eigenvalue weighted by Gasteiger charge is -2.32. The highest BCUT2D eigenvalue weighted by molar-refractivity contribution is 14.0. The van der Waals surface area contributed by atoms with Crippen molar-refractivity contribution >= 4 is 41.5 Å². The van der Waals surface area contributed by atoms with Crippen molar-refractivity contribution in [1.29, 1.82) is 0 Å². The van der Waals surface area contributed by atoms with Gasteiger partial charge in [-0.2, -0.15) is 8.78 Å². The number of nitrogens with one attached hydrogen (secondary N) is 2. The van der Waals surface area contributed by atoms with E-state index in [0.717, 1.165) is 45.6 Å². The van der Waals surface area contributed by atoms with Crippen LogP contribution in [0.2, 0.25) is 5.02 Å². The van der Waals surface area contributed by atoms with Crippen molar-refractivity contribution in [2.75, 3.05) is 46.4 Å². The first-order valence-corrected chi connectivity index (χ1v) is 10.4. The molecule has 30 heavy (non-hydrogen) atoms. The summed E-state index contributed by atoms with van der Waals surface area (Å²) < 4.78 is 34.9. The fourth-order valence-corrected chi connectivity index (χ4v) is 3.46. The van der Waals surface area contributed by atoms with Crippen molar-refractivity contribution in [2.24, 2.45) is 10.9 Å². The molecule has 0 aliphatic carbocycles. The van der Waals surface area contributed by atoms with Crippen LogP contribution >= 0.6 is 35.6 Å². The largest absolute Gasteiger partial charge is 0.434 e. The number of likely N-dealkylation sites (tertiary alicyclic amines) is 1. The number of nitrogens with zero attached hydrogens (tertiary/aromatic N) is 2. The Bertz CT molecular complexity index is 647. The predicted octanol–water partition coefficient (Wildman–Crippen LogP) is 3.97. The fraction of sp³-hybridized carbons (Fsp3) is 0.650. The second-order valence-electron chi connectivity index (χ2n) is 6.98. The number of aliphatic imine (C=N–C) groups is 1. The Kier molecular flexibility index (Phi) is 13.5. The fourth-order valence-electron chi connectivity index (χ4n) is 3.26. The number of guanidine groups is 1. The summed E-state index contributed by atoms with van der Waals surface area (Å²) >= 11 is 6.00. The van der Waals surface area contributed by atoms with Gasteiger partial charge in [0.15, 0.2) is 5.96 Å². The van der Waals surface area contributed by atoms with Gasteiger partial charge in [0.05, 0.1) is 13.2 Å². The predicted molar refractivity (Wildman–Crippen MR) is 127 cm³/mol. The summed E-state index contributed by atoms with van der Waals surface area (Å²) in [5.41, 5.74) is 0.515. The minimum absolute atomic E-state index is 0. The molecule has 10 heteroatoms. The highest BCUT2D eigenvalue weighted by Gasteiger charge is 2.19. The number of benzene rings is 1. The van der Waals surface area contributed by atoms with Gasteiger partial charge in [-0.15, -0.1) is 24.0 Å². The van der Waals surface area contributed by atoms with Crippen LogP contribution < -0.4 is 15.4 Å². The van der Waals surface area contributed by atoms with Crippen LogP contribution in [0.1, 0.15) is 25.3 Å². The summed E-state index contributed by atoms with van der Waals surface area (Å²) in [7, 11) is 1.73. The lowest BCUT2D eigenvalue weighted by atomic mass is 9.97. The highest BCUT2D eigenvalue weighted by Crippen LogP contribution is 2.25. The van der Waals surface area contributed by atoms with Crippen molar-refractivity contribution in [3.63, 3.8) is 0 Å². The average molecular weight is 561 g/mol. The zero-order chi connectivity index (χ0) is 21.1. The number of ether oxygens (including phenoxy) is 2. The number of methoxy groups -OCH3 is 1. The molecule has 2 N–H and O–H groups in total. The summed E-state index contributed by atoms with van der Waals surface area (Å²) in [6, 6.07) is 4.56. The van der Waals surface area contributed by atoms with Crippen molar-refractivity contribution in [1.82, 2.24) is 15.5 Å². The quantitative estimate of drug-likeness (QED) is 0.258. The van der Waals surface area contributed by atoms with Crippen LogP contribution in [-0.4, -0.2) is 63.9 Å². The number of hydrogen-bond acceptors (Lipinski definition) is 4. The molecule has 0 atom stereocenters. The van der Waals surface area contributed by atoms with Gasteiger partial charge in [0.2, 0.25) is 0 Å². The molecular weight excluding hydrogens is 529 g/mol. The first-order chi connectivity index (χ1) is 14.0. The van der Waals surface area contributed by atoms with Crippen LogP contribution in [-0.2, 0) is 11.3 Å². The van der Waals surface area contributed by atoms with Crippen molar-refractivity contribution in [3.05, 3.63) is 28.8 Å². The van der Waals surface area contributed by atoms with Crippen LogP contribution in [0.25, 0.3) is 0 Å². The van der Waals surface area contributed by atoms with Crippen LogP contribution in [0.5, 0.6) is 5.75 Å². The maximum atomic E-state index is 12.6. The molecule has 2 rings (SSSR count). The highest BCUT2D eigenvalue weighted by atomic mass is 127. The zero-order valence-corrected chi connectivity index (χ0v) is 20.6. The summed E-state index contributed by atoms with van der Waals surface area (Å²) in [5, 5.41) is 7.01. The van der Waals surface area contributed by atoms with E-state index in [9.17, 15) is 8.78 Å². The van der Waals surface area contributed by atoms with E-state index in [0.29, 0.717) is 29.0 Å². The Morgan fingerprint density at radius 1 is 1.30 bits per heavy atom. The summed E-state index contributed by atoms with van der Waals surface area (Å²) in [6.45, 7) is 4.69. The van der Waals surface area contributed by atoms with Crippen LogP contribution in [0, 0.1) is 5.92 Å². The monoisotopic (exact) mass is 560 g/mol. The zero-order valence-electron chi connectivity index (χ0n) is 17.5. The van der Waals surface area contributed by atoms with E-state index in [-0.39, 0.29) is 36.3 Å². The molecule has 1 aromatic rings. The van der Waals surface area contributed by atoms with Gasteiger partial charge in [0.25, 0.3) is 0 Å². The van der Waals surface area contributed by atoms with E-state index in [2.05, 4.69) is 25.3 Å². The Balaban J connectivity index is 0.00000450. The molecular formula is C20H32ClF2IN4O2. The molecule has 172 valence electrons. The molecule has 1 fully saturated rings. The van der Waals surface area contributed by atoms with Crippen LogP contribution in [0.3, 0.4) is 0 Å². The average Bonchev–Trinajstić information content (AvgIpc) is 2.70. The standard InChI is InChI=1S/C20H31ClF2N4O2.HI/c1-3-24-20(25-13-15-6-8-27(9-7-15)10-11-28-2)26-14-16-12-17(21)4-5-18(16)29-19(22)23;/h4-5,12,15,19H,3,6-11,13-14H2,1-2H3,(H2,24,25,26);1H. The Hall–Kier alpha value is -0.910. The molecule has 0 saturated carbocycles. The smallest absolute Gasteiger partial charge is 0.387 e. The lowest BCUT2D eigenvalue weighted by molar-refractivity contribution is -0.0504. The van der Waals surface area contributed by atoms with Gasteiger partial charge in [-0.05, 0) is 57.0 Å². The third-order valence-electron chi connectivity index (χ3n) is 4.87. The van der Waals surface area contributed by atoms with Gasteiger partial charge < -0.3 is 25.0 Å². The number of piperidine rings is 1. The number of halogens is 4. The van der Waals surface area contributed by atoms with Crippen molar-refractivity contribution in [2.45, 2.75) is 32.9 Å². The molecule has 6 nitrogen and oxygen atoms in total. The first kappa shape index (κ1) is 27.1. The number of hydrogen-bond donors (Lipinski definition) is 2. The van der Waals surface area contributed by atoms with E-state index >= 15 is 0 Å². The molecule has 0 radical (unpaired) electrons. The Labute approximate surface area is 199 Å². The third kappa shape index (κ3) is 9.93. The topological polar surface area (TPSA) is 58.1 Å². The van der Waals surface area contributed by atoms with Crippen LogP contribution in [0.4, 0.5) is 8.78 Å². The summed E-state index contributed by atoms with van der Waals surface area (Å²) in [5.74, 6) is 1.31. The Morgan fingerprint density at radius 2 is 2.03 bits per heavy atom. The molecule has 0 spiro atoms. The van der Waals surface area contributed by atoms with Gasteiger partial charge in [-0.3, -0.25) is 0 Å². The van der Waals surface area contributed by atoms with E-state index in [1.165, 1.54) is 12.1 Å². The van der Waals surface area contributed by atoms with Crippen LogP contribution in [0.15, 0.2) is 23.2 Å². The van der Waals surface area contributed by atoms with Gasteiger partial charge in [-0.1, -0.05) is 11.6 Å². The minimum Gasteiger partial charge on any atom is -0.434 e. The van der Waals surface area contributed by atoms with E-state index in [4.69, 9.17) is 16.3 Å². The molecule has 1 heterocycles. The second-order valence-corrected chi connectivity index (χ2v) is 7.42. The van der Waals surface area contributed by atoms with Crippen molar-refractivity contribution < 1.29 is 18.3 Å². The number of rotatable bonds is 10. The second kappa shape index (κ2) is 15.0. The maximum absolute atomic E-state index is 12.6. The van der Waals surface area contributed by atoms with Gasteiger partial charge >= 0.3 is 6.61 Å². The number of alkyl halides is 2. The van der Waals surface area contributed by atoms with Gasteiger partial charge in [0, 0.05) is 37.3 Å². The summed E-state index contributed by atoms with van der Waals surface area (Å²) in [4.78, 5) is 6.94. The molecule has 1 saturated heterocycles. The van der Waals surface area contributed by atoms with Crippen molar-refractivity contribution in [3.8, 4) is 5.75 Å². The van der Waals surface area contributed by atoms with E-state index < -0.39 is 6.61 Å². The molecule has 1 aliphatic heterocycles. The lowest BCUT2D eigenvalue weighted by Crippen LogP contribution is -2.43. The molecule has 1 aliphatic rings. The molecule has 1 aromatic carbocycles. The van der Waals surface area contributed by atoms with E-state index in [1.54, 1.807) is 13.2 Å². The van der Waals surface area contributed by atoms with E-state index in [1.807, 2.05) is 6.92 Å². The molecule has 0 aromatic heterocycles. The SMILES string of the molecule is CCNC(=NCc1cc(Cl)ccc1OC(F)F)NCC1CCN(CCOC)CC1.I.